The number of carbonyl (C=O) groups excluding carboxylic acids is 1. The van der Waals surface area contributed by atoms with Crippen molar-refractivity contribution in [2.45, 2.75) is 0 Å². The average Bonchev–Trinajstić information content (AvgIpc) is 1.68. The fourth-order valence-electron chi connectivity index (χ4n) is 0.0867. The SMILES string of the molecule is C=CC(=O)OC#N.[BH4-].[Na+]. The molecule has 0 amide bonds. The van der Waals surface area contributed by atoms with Crippen LogP contribution >= 0.6 is 0 Å². The van der Waals surface area contributed by atoms with Crippen LogP contribution in [0.2, 0.25) is 0 Å². The second-order valence-electron chi connectivity index (χ2n) is 0.717. The van der Waals surface area contributed by atoms with E-state index in [0.717, 1.165) is 6.08 Å². The van der Waals surface area contributed by atoms with Crippen molar-refractivity contribution in [3.63, 3.8) is 0 Å². The van der Waals surface area contributed by atoms with Gasteiger partial charge in [-0.1, -0.05) is 15.0 Å². The Kier molecular flexibility index (Phi) is 18.9. The number of esters is 1. The number of nitriles is 1. The van der Waals surface area contributed by atoms with Crippen molar-refractivity contribution in [3.8, 4) is 6.26 Å². The minimum atomic E-state index is -0.720. The molecular formula is C4H7BNNaO2. The Morgan fingerprint density at radius 1 is 1.78 bits per heavy atom. The van der Waals surface area contributed by atoms with E-state index in [2.05, 4.69) is 11.3 Å². The Morgan fingerprint density at radius 3 is 2.33 bits per heavy atom. The molecule has 0 aromatic rings. The van der Waals surface area contributed by atoms with Crippen molar-refractivity contribution in [3.05, 3.63) is 12.7 Å². The third-order valence-electron chi connectivity index (χ3n) is 0.313. The summed E-state index contributed by atoms with van der Waals surface area (Å²) >= 11 is 0. The van der Waals surface area contributed by atoms with Crippen LogP contribution in [0.5, 0.6) is 0 Å². The van der Waals surface area contributed by atoms with Crippen LogP contribution in [-0.2, 0) is 9.53 Å². The molecule has 44 valence electrons. The number of hydrogen-bond acceptors (Lipinski definition) is 3. The number of hydrogen-bond donors (Lipinski definition) is 0. The number of nitrogens with zero attached hydrogens (tertiary/aromatic N) is 1. The first-order valence-electron chi connectivity index (χ1n) is 1.53. The standard InChI is InChI=1S/C4H3NO2.BH4.Na/c1-2-4(6)7-3-5;;/h2H,1H2;1H4;/q;-1;+1. The van der Waals surface area contributed by atoms with Crippen LogP contribution in [0.3, 0.4) is 0 Å². The van der Waals surface area contributed by atoms with Gasteiger partial charge in [-0.3, -0.25) is 0 Å². The van der Waals surface area contributed by atoms with E-state index in [0.29, 0.717) is 0 Å². The van der Waals surface area contributed by atoms with Gasteiger partial charge in [0.1, 0.15) is 0 Å². The summed E-state index contributed by atoms with van der Waals surface area (Å²) in [5.41, 5.74) is 0. The van der Waals surface area contributed by atoms with Gasteiger partial charge >= 0.3 is 35.5 Å². The quantitative estimate of drug-likeness (QED) is 0.158. The molecule has 0 N–H and O–H groups in total. The zero-order valence-corrected chi connectivity index (χ0v) is 6.55. The fraction of sp³-hybridized carbons (Fsp3) is 0. The second kappa shape index (κ2) is 10.7. The van der Waals surface area contributed by atoms with E-state index in [-0.39, 0.29) is 38.0 Å². The molecule has 3 nitrogen and oxygen atoms in total. The summed E-state index contributed by atoms with van der Waals surface area (Å²) in [6.07, 6.45) is 2.12. The van der Waals surface area contributed by atoms with Gasteiger partial charge in [-0.2, -0.15) is 0 Å². The molecule has 0 bridgehead atoms. The smallest absolute Gasteiger partial charge is 0.347 e. The summed E-state index contributed by atoms with van der Waals surface area (Å²) in [5.74, 6) is -0.720. The number of carbonyl (C=O) groups is 1. The largest absolute Gasteiger partial charge is 1.00 e. The Bertz CT molecular complexity index is 131. The van der Waals surface area contributed by atoms with Crippen LogP contribution in [0.4, 0.5) is 0 Å². The summed E-state index contributed by atoms with van der Waals surface area (Å²) in [5, 5.41) is 7.63. The zero-order chi connectivity index (χ0) is 5.70. The van der Waals surface area contributed by atoms with Crippen LogP contribution in [0.1, 0.15) is 0 Å². The minimum Gasteiger partial charge on any atom is -0.347 e. The topological polar surface area (TPSA) is 50.1 Å². The molecule has 0 aliphatic rings. The second-order valence-corrected chi connectivity index (χ2v) is 0.717. The molecule has 0 saturated heterocycles. The third kappa shape index (κ3) is 11.4. The third-order valence-corrected chi connectivity index (χ3v) is 0.313. The average molecular weight is 135 g/mol. The first-order valence-corrected chi connectivity index (χ1v) is 1.53. The predicted molar refractivity (Wildman–Crippen MR) is 33.2 cm³/mol. The van der Waals surface area contributed by atoms with Crippen LogP contribution in [0, 0.1) is 11.5 Å². The van der Waals surface area contributed by atoms with Gasteiger partial charge in [0.25, 0.3) is 6.26 Å². The molecule has 0 rings (SSSR count). The van der Waals surface area contributed by atoms with E-state index >= 15 is 0 Å². The van der Waals surface area contributed by atoms with Gasteiger partial charge in [-0.15, -0.1) is 5.26 Å². The zero-order valence-electron chi connectivity index (χ0n) is 4.55. The van der Waals surface area contributed by atoms with Crippen molar-refractivity contribution < 1.29 is 39.1 Å². The predicted octanol–water partition coefficient (Wildman–Crippen LogP) is -4.25. The molecule has 9 heavy (non-hydrogen) atoms. The van der Waals surface area contributed by atoms with Crippen LogP contribution in [0.15, 0.2) is 12.7 Å². The molecule has 0 saturated carbocycles. The van der Waals surface area contributed by atoms with Crippen LogP contribution < -0.4 is 29.6 Å². The monoisotopic (exact) mass is 135 g/mol. The van der Waals surface area contributed by atoms with E-state index in [1.54, 1.807) is 0 Å². The van der Waals surface area contributed by atoms with Crippen molar-refractivity contribution in [2.75, 3.05) is 0 Å². The van der Waals surface area contributed by atoms with E-state index in [9.17, 15) is 4.79 Å². The number of ether oxygens (including phenoxy) is 1. The van der Waals surface area contributed by atoms with Crippen LogP contribution in [-0.4, -0.2) is 14.4 Å². The molecule has 0 heterocycles. The van der Waals surface area contributed by atoms with Crippen molar-refractivity contribution in [2.24, 2.45) is 0 Å². The Morgan fingerprint density at radius 2 is 2.22 bits per heavy atom. The molecule has 0 aliphatic heterocycles. The Balaban J connectivity index is -0.000000180. The first-order chi connectivity index (χ1) is 3.31. The van der Waals surface area contributed by atoms with E-state index in [1.165, 1.54) is 6.26 Å². The molecule has 0 radical (unpaired) electrons. The molecule has 0 spiro atoms. The maximum atomic E-state index is 9.85. The number of rotatable bonds is 1. The maximum absolute atomic E-state index is 9.85. The van der Waals surface area contributed by atoms with Gasteiger partial charge in [0.2, 0.25) is 0 Å². The van der Waals surface area contributed by atoms with E-state index in [1.807, 2.05) is 0 Å². The van der Waals surface area contributed by atoms with Gasteiger partial charge < -0.3 is 4.74 Å². The molecule has 5 heteroatoms. The molecule has 0 aliphatic carbocycles. The molecule has 0 aromatic heterocycles. The summed E-state index contributed by atoms with van der Waals surface area (Å²) in [6, 6.07) is 0. The minimum absolute atomic E-state index is 0. The van der Waals surface area contributed by atoms with Gasteiger partial charge in [-0.05, 0) is 0 Å². The Hall–Kier alpha value is -0.235. The van der Waals surface area contributed by atoms with Crippen molar-refractivity contribution >= 4 is 14.4 Å². The normalized spacial score (nSPS) is 4.78. The Labute approximate surface area is 77.5 Å². The van der Waals surface area contributed by atoms with Gasteiger partial charge in [0.15, 0.2) is 0 Å². The van der Waals surface area contributed by atoms with Crippen molar-refractivity contribution in [1.82, 2.24) is 0 Å². The molecule has 0 aromatic carbocycles. The molecular weight excluding hydrogens is 128 g/mol. The summed E-state index contributed by atoms with van der Waals surface area (Å²) in [4.78, 5) is 9.85. The molecule has 0 unspecified atom stereocenters. The van der Waals surface area contributed by atoms with Crippen LogP contribution in [0.25, 0.3) is 0 Å². The maximum Gasteiger partial charge on any atom is 1.00 e. The van der Waals surface area contributed by atoms with E-state index in [4.69, 9.17) is 5.26 Å². The van der Waals surface area contributed by atoms with Gasteiger partial charge in [0, 0.05) is 6.08 Å². The molecule has 0 atom stereocenters. The van der Waals surface area contributed by atoms with E-state index < -0.39 is 5.97 Å². The van der Waals surface area contributed by atoms with Gasteiger partial charge in [-0.25, -0.2) is 4.79 Å². The van der Waals surface area contributed by atoms with Gasteiger partial charge in [0.05, 0.1) is 0 Å². The summed E-state index contributed by atoms with van der Waals surface area (Å²) in [6.45, 7) is 3.05. The molecule has 0 fully saturated rings. The summed E-state index contributed by atoms with van der Waals surface area (Å²) in [7, 11) is 0. The van der Waals surface area contributed by atoms with Crippen molar-refractivity contribution in [1.29, 1.82) is 5.26 Å². The first kappa shape index (κ1) is 15.9. The fourth-order valence-corrected chi connectivity index (χ4v) is 0.0867. The summed E-state index contributed by atoms with van der Waals surface area (Å²) < 4.78 is 3.74.